The Bertz CT molecular complexity index is 476. The molecule has 116 valence electrons. The van der Waals surface area contributed by atoms with Crippen LogP contribution in [0.25, 0.3) is 0 Å². The van der Waals surface area contributed by atoms with Crippen molar-refractivity contribution in [3.05, 3.63) is 29.8 Å². The van der Waals surface area contributed by atoms with Crippen LogP contribution in [0.4, 0.5) is 5.69 Å². The monoisotopic (exact) mass is 290 g/mol. The molecule has 0 aliphatic carbocycles. The first-order chi connectivity index (χ1) is 10.1. The lowest BCUT2D eigenvalue weighted by Crippen LogP contribution is -2.39. The van der Waals surface area contributed by atoms with Crippen LogP contribution in [0.3, 0.4) is 0 Å². The van der Waals surface area contributed by atoms with Crippen molar-refractivity contribution < 1.29 is 9.53 Å². The molecule has 0 bridgehead atoms. The molecule has 1 aromatic rings. The lowest BCUT2D eigenvalue weighted by Gasteiger charge is -2.32. The van der Waals surface area contributed by atoms with Gasteiger partial charge in [0.1, 0.15) is 0 Å². The predicted molar refractivity (Wildman–Crippen MR) is 85.3 cm³/mol. The standard InChI is InChI=1S/C17H26N2O2/c1-4-17-11-16(8-9-21-17)18-12(2)14-6-5-7-15(10-14)19-13(3)20/h5-7,10,12,16-18H,4,8-9,11H2,1-3H3,(H,19,20). The van der Waals surface area contributed by atoms with Gasteiger partial charge >= 0.3 is 0 Å². The van der Waals surface area contributed by atoms with E-state index in [2.05, 4.69) is 30.5 Å². The third-order valence-corrected chi connectivity index (χ3v) is 4.02. The maximum atomic E-state index is 11.1. The topological polar surface area (TPSA) is 50.4 Å². The Morgan fingerprint density at radius 2 is 2.29 bits per heavy atom. The molecule has 0 spiro atoms. The normalized spacial score (nSPS) is 23.6. The number of ether oxygens (including phenoxy) is 1. The largest absolute Gasteiger partial charge is 0.378 e. The molecule has 4 nitrogen and oxygen atoms in total. The van der Waals surface area contributed by atoms with Gasteiger partial charge in [-0.05, 0) is 43.9 Å². The minimum absolute atomic E-state index is 0.0389. The number of amides is 1. The van der Waals surface area contributed by atoms with Crippen molar-refractivity contribution in [3.8, 4) is 0 Å². The van der Waals surface area contributed by atoms with E-state index in [4.69, 9.17) is 4.74 Å². The molecule has 3 unspecified atom stereocenters. The molecule has 1 amide bonds. The molecule has 0 radical (unpaired) electrons. The molecule has 1 saturated heterocycles. The highest BCUT2D eigenvalue weighted by Crippen LogP contribution is 2.22. The first kappa shape index (κ1) is 16.0. The van der Waals surface area contributed by atoms with Crippen LogP contribution in [0, 0.1) is 0 Å². The van der Waals surface area contributed by atoms with Crippen molar-refractivity contribution in [2.24, 2.45) is 0 Å². The molecule has 4 heteroatoms. The fourth-order valence-corrected chi connectivity index (χ4v) is 2.85. The van der Waals surface area contributed by atoms with Gasteiger partial charge in [-0.3, -0.25) is 4.79 Å². The van der Waals surface area contributed by atoms with Crippen LogP contribution in [0.2, 0.25) is 0 Å². The summed E-state index contributed by atoms with van der Waals surface area (Å²) < 4.78 is 5.72. The van der Waals surface area contributed by atoms with Crippen LogP contribution in [-0.2, 0) is 9.53 Å². The van der Waals surface area contributed by atoms with Crippen molar-refractivity contribution in [1.82, 2.24) is 5.32 Å². The third kappa shape index (κ3) is 4.83. The van der Waals surface area contributed by atoms with Crippen molar-refractivity contribution in [2.45, 2.75) is 58.2 Å². The van der Waals surface area contributed by atoms with Gasteiger partial charge in [-0.25, -0.2) is 0 Å². The summed E-state index contributed by atoms with van der Waals surface area (Å²) >= 11 is 0. The highest BCUT2D eigenvalue weighted by molar-refractivity contribution is 5.88. The molecule has 1 aliphatic heterocycles. The van der Waals surface area contributed by atoms with E-state index >= 15 is 0 Å². The number of carbonyl (C=O) groups excluding carboxylic acids is 1. The maximum absolute atomic E-state index is 11.1. The molecule has 2 rings (SSSR count). The van der Waals surface area contributed by atoms with E-state index in [1.165, 1.54) is 12.5 Å². The van der Waals surface area contributed by atoms with Crippen LogP contribution < -0.4 is 10.6 Å². The Balaban J connectivity index is 1.96. The summed E-state index contributed by atoms with van der Waals surface area (Å²) in [5.41, 5.74) is 2.05. The number of hydrogen-bond donors (Lipinski definition) is 2. The second-order valence-corrected chi connectivity index (χ2v) is 5.82. The van der Waals surface area contributed by atoms with E-state index in [0.29, 0.717) is 12.1 Å². The van der Waals surface area contributed by atoms with Gasteiger partial charge in [-0.1, -0.05) is 19.1 Å². The Morgan fingerprint density at radius 1 is 1.48 bits per heavy atom. The first-order valence-electron chi connectivity index (χ1n) is 7.83. The minimum atomic E-state index is -0.0389. The van der Waals surface area contributed by atoms with Crippen LogP contribution >= 0.6 is 0 Å². The zero-order valence-electron chi connectivity index (χ0n) is 13.2. The Labute approximate surface area is 127 Å². The van der Waals surface area contributed by atoms with E-state index < -0.39 is 0 Å². The number of hydrogen-bond acceptors (Lipinski definition) is 3. The fraction of sp³-hybridized carbons (Fsp3) is 0.588. The summed E-state index contributed by atoms with van der Waals surface area (Å²) in [6.07, 6.45) is 3.59. The average molecular weight is 290 g/mol. The van der Waals surface area contributed by atoms with Crippen LogP contribution in [0.1, 0.15) is 51.6 Å². The van der Waals surface area contributed by atoms with E-state index in [1.807, 2.05) is 18.2 Å². The number of anilines is 1. The van der Waals surface area contributed by atoms with Crippen molar-refractivity contribution >= 4 is 11.6 Å². The molecule has 3 atom stereocenters. The maximum Gasteiger partial charge on any atom is 0.221 e. The molecule has 1 heterocycles. The molecule has 1 aliphatic rings. The number of rotatable bonds is 5. The van der Waals surface area contributed by atoms with Gasteiger partial charge in [0.2, 0.25) is 5.91 Å². The van der Waals surface area contributed by atoms with Gasteiger partial charge in [0.05, 0.1) is 6.10 Å². The fourth-order valence-electron chi connectivity index (χ4n) is 2.85. The van der Waals surface area contributed by atoms with Gasteiger partial charge in [-0.2, -0.15) is 0 Å². The van der Waals surface area contributed by atoms with Crippen molar-refractivity contribution in [1.29, 1.82) is 0 Å². The van der Waals surface area contributed by atoms with Gasteiger partial charge in [0.15, 0.2) is 0 Å². The van der Waals surface area contributed by atoms with E-state index in [1.54, 1.807) is 0 Å². The molecule has 21 heavy (non-hydrogen) atoms. The number of benzene rings is 1. The summed E-state index contributed by atoms with van der Waals surface area (Å²) in [5.74, 6) is -0.0389. The molecule has 0 aromatic heterocycles. The third-order valence-electron chi connectivity index (χ3n) is 4.02. The Kier molecular flexibility index (Phi) is 5.76. The van der Waals surface area contributed by atoms with Crippen LogP contribution in [0.15, 0.2) is 24.3 Å². The smallest absolute Gasteiger partial charge is 0.221 e. The van der Waals surface area contributed by atoms with Gasteiger partial charge in [-0.15, -0.1) is 0 Å². The lowest BCUT2D eigenvalue weighted by atomic mass is 9.99. The second kappa shape index (κ2) is 7.57. The quantitative estimate of drug-likeness (QED) is 0.875. The average Bonchev–Trinajstić information content (AvgIpc) is 2.47. The number of nitrogens with one attached hydrogen (secondary N) is 2. The van der Waals surface area contributed by atoms with Gasteiger partial charge in [0.25, 0.3) is 0 Å². The molecule has 1 fully saturated rings. The molecule has 2 N–H and O–H groups in total. The summed E-state index contributed by atoms with van der Waals surface area (Å²) in [4.78, 5) is 11.1. The van der Waals surface area contributed by atoms with E-state index in [-0.39, 0.29) is 11.9 Å². The Morgan fingerprint density at radius 3 is 3.00 bits per heavy atom. The van der Waals surface area contributed by atoms with Crippen molar-refractivity contribution in [3.63, 3.8) is 0 Å². The van der Waals surface area contributed by atoms with Gasteiger partial charge < -0.3 is 15.4 Å². The first-order valence-corrected chi connectivity index (χ1v) is 7.83. The minimum Gasteiger partial charge on any atom is -0.378 e. The SMILES string of the molecule is CCC1CC(NC(C)c2cccc(NC(C)=O)c2)CCO1. The summed E-state index contributed by atoms with van der Waals surface area (Å²) in [6.45, 7) is 6.72. The summed E-state index contributed by atoms with van der Waals surface area (Å²) in [7, 11) is 0. The second-order valence-electron chi connectivity index (χ2n) is 5.82. The van der Waals surface area contributed by atoms with E-state index in [9.17, 15) is 4.79 Å². The van der Waals surface area contributed by atoms with E-state index in [0.717, 1.165) is 31.6 Å². The molecular formula is C17H26N2O2. The molecule has 1 aromatic carbocycles. The molecular weight excluding hydrogens is 264 g/mol. The highest BCUT2D eigenvalue weighted by atomic mass is 16.5. The Hall–Kier alpha value is -1.39. The summed E-state index contributed by atoms with van der Waals surface area (Å²) in [5, 5.41) is 6.52. The lowest BCUT2D eigenvalue weighted by molar-refractivity contribution is -0.114. The summed E-state index contributed by atoms with van der Waals surface area (Å²) in [6, 6.07) is 8.80. The van der Waals surface area contributed by atoms with Crippen LogP contribution in [0.5, 0.6) is 0 Å². The van der Waals surface area contributed by atoms with Crippen LogP contribution in [-0.4, -0.2) is 24.7 Å². The van der Waals surface area contributed by atoms with Gasteiger partial charge in [0, 0.05) is 31.3 Å². The predicted octanol–water partition coefficient (Wildman–Crippen LogP) is 3.25. The zero-order valence-corrected chi connectivity index (χ0v) is 13.2. The zero-order chi connectivity index (χ0) is 15.2. The van der Waals surface area contributed by atoms with Crippen molar-refractivity contribution in [2.75, 3.05) is 11.9 Å². The highest BCUT2D eigenvalue weighted by Gasteiger charge is 2.22. The number of carbonyl (C=O) groups is 1. The molecule has 0 saturated carbocycles.